The number of halogens is 1. The molecule has 2 aromatic carbocycles. The minimum atomic E-state index is -0.383. The Balaban J connectivity index is 1.43. The highest BCUT2D eigenvalue weighted by atomic mass is 35.5. The van der Waals surface area contributed by atoms with Gasteiger partial charge < -0.3 is 10.6 Å². The predicted octanol–water partition coefficient (Wildman–Crippen LogP) is 3.52. The fourth-order valence-corrected chi connectivity index (χ4v) is 3.20. The molecule has 0 radical (unpaired) electrons. The van der Waals surface area contributed by atoms with E-state index in [1.54, 1.807) is 28.8 Å². The molecule has 7 nitrogen and oxygen atoms in total. The summed E-state index contributed by atoms with van der Waals surface area (Å²) in [7, 11) is 0. The summed E-state index contributed by atoms with van der Waals surface area (Å²) in [6.45, 7) is 0.556. The minimum absolute atomic E-state index is 0.144. The third-order valence-electron chi connectivity index (χ3n) is 4.55. The molecule has 1 aliphatic carbocycles. The number of anilines is 1. The van der Waals surface area contributed by atoms with Crippen molar-refractivity contribution >= 4 is 23.3 Å². The number of aromatic nitrogens is 3. The van der Waals surface area contributed by atoms with Gasteiger partial charge in [-0.25, -0.2) is 14.3 Å². The Hall–Kier alpha value is -3.06. The summed E-state index contributed by atoms with van der Waals surface area (Å²) in [4.78, 5) is 24.8. The van der Waals surface area contributed by atoms with Crippen LogP contribution in [-0.4, -0.2) is 26.9 Å². The van der Waals surface area contributed by atoms with Crippen LogP contribution in [0.25, 0.3) is 11.4 Å². The number of benzene rings is 2. The molecule has 3 aromatic rings. The standard InChI is InChI=1S/C20H20ClN5O2/c21-16-8-4-5-9-17(16)23-19(27)22-12-13-25-20(28)26(15-10-11-15)18(24-25)14-6-2-1-3-7-14/h1-9,15H,10-13H2,(H2,22,23,27). The van der Waals surface area contributed by atoms with E-state index < -0.39 is 0 Å². The highest BCUT2D eigenvalue weighted by molar-refractivity contribution is 6.33. The Kier molecular flexibility index (Phi) is 5.16. The third-order valence-corrected chi connectivity index (χ3v) is 4.88. The fraction of sp³-hybridized carbons (Fsp3) is 0.250. The molecule has 1 aliphatic rings. The lowest BCUT2D eigenvalue weighted by Crippen LogP contribution is -2.34. The van der Waals surface area contributed by atoms with E-state index in [-0.39, 0.29) is 30.9 Å². The first-order valence-corrected chi connectivity index (χ1v) is 9.55. The van der Waals surface area contributed by atoms with Crippen molar-refractivity contribution < 1.29 is 4.79 Å². The van der Waals surface area contributed by atoms with Crippen LogP contribution >= 0.6 is 11.6 Å². The van der Waals surface area contributed by atoms with Crippen LogP contribution < -0.4 is 16.3 Å². The van der Waals surface area contributed by atoms with Gasteiger partial charge in [0.1, 0.15) is 0 Å². The van der Waals surface area contributed by atoms with Gasteiger partial charge in [0.2, 0.25) is 0 Å². The Morgan fingerprint density at radius 2 is 1.82 bits per heavy atom. The van der Waals surface area contributed by atoms with Crippen molar-refractivity contribution in [3.05, 3.63) is 70.1 Å². The largest absolute Gasteiger partial charge is 0.346 e. The monoisotopic (exact) mass is 397 g/mol. The molecular weight excluding hydrogens is 378 g/mol. The Morgan fingerprint density at radius 1 is 1.11 bits per heavy atom. The molecular formula is C20H20ClN5O2. The molecule has 0 aliphatic heterocycles. The van der Waals surface area contributed by atoms with Crippen molar-refractivity contribution in [3.63, 3.8) is 0 Å². The third kappa shape index (κ3) is 3.94. The fourth-order valence-electron chi connectivity index (χ4n) is 3.02. The van der Waals surface area contributed by atoms with Gasteiger partial charge >= 0.3 is 11.7 Å². The van der Waals surface area contributed by atoms with Crippen LogP contribution in [0.1, 0.15) is 18.9 Å². The second-order valence-electron chi connectivity index (χ2n) is 6.66. The van der Waals surface area contributed by atoms with Crippen LogP contribution in [0.2, 0.25) is 5.02 Å². The van der Waals surface area contributed by atoms with E-state index in [0.717, 1.165) is 18.4 Å². The highest BCUT2D eigenvalue weighted by Gasteiger charge is 2.30. The molecule has 0 bridgehead atoms. The molecule has 0 spiro atoms. The lowest BCUT2D eigenvalue weighted by molar-refractivity contribution is 0.251. The van der Waals surface area contributed by atoms with E-state index in [1.807, 2.05) is 30.3 Å². The number of nitrogens with one attached hydrogen (secondary N) is 2. The molecule has 1 heterocycles. The van der Waals surface area contributed by atoms with E-state index in [1.165, 1.54) is 4.68 Å². The minimum Gasteiger partial charge on any atom is -0.336 e. The average Bonchev–Trinajstić information content (AvgIpc) is 3.48. The van der Waals surface area contributed by atoms with Crippen LogP contribution in [0.4, 0.5) is 10.5 Å². The number of carbonyl (C=O) groups excluding carboxylic acids is 1. The first kappa shape index (κ1) is 18.3. The number of hydrogen-bond donors (Lipinski definition) is 2. The Labute approximate surface area is 166 Å². The van der Waals surface area contributed by atoms with E-state index in [9.17, 15) is 9.59 Å². The first-order chi connectivity index (χ1) is 13.6. The molecule has 2 amide bonds. The van der Waals surface area contributed by atoms with Crippen molar-refractivity contribution in [1.29, 1.82) is 0 Å². The van der Waals surface area contributed by atoms with E-state index in [0.29, 0.717) is 16.5 Å². The molecule has 144 valence electrons. The van der Waals surface area contributed by atoms with Gasteiger partial charge in [-0.3, -0.25) is 4.57 Å². The van der Waals surface area contributed by atoms with Crippen molar-refractivity contribution in [1.82, 2.24) is 19.7 Å². The maximum absolute atomic E-state index is 12.8. The molecule has 0 atom stereocenters. The summed E-state index contributed by atoms with van der Waals surface area (Å²) in [5.41, 5.74) is 1.30. The normalized spacial score (nSPS) is 13.3. The molecule has 1 aromatic heterocycles. The van der Waals surface area contributed by atoms with Crippen LogP contribution in [0.5, 0.6) is 0 Å². The van der Waals surface area contributed by atoms with E-state index in [2.05, 4.69) is 15.7 Å². The number of nitrogens with zero attached hydrogens (tertiary/aromatic N) is 3. The van der Waals surface area contributed by atoms with Gasteiger partial charge in [0.15, 0.2) is 5.82 Å². The van der Waals surface area contributed by atoms with Crippen molar-refractivity contribution in [2.45, 2.75) is 25.4 Å². The van der Waals surface area contributed by atoms with Crippen molar-refractivity contribution in [3.8, 4) is 11.4 Å². The summed E-state index contributed by atoms with van der Waals surface area (Å²) >= 11 is 6.03. The van der Waals surface area contributed by atoms with Gasteiger partial charge in [-0.2, -0.15) is 0 Å². The molecule has 1 fully saturated rings. The Morgan fingerprint density at radius 3 is 2.54 bits per heavy atom. The second kappa shape index (κ2) is 7.90. The van der Waals surface area contributed by atoms with Crippen molar-refractivity contribution in [2.75, 3.05) is 11.9 Å². The topological polar surface area (TPSA) is 81.0 Å². The summed E-state index contributed by atoms with van der Waals surface area (Å²) in [5.74, 6) is 0.675. The van der Waals surface area contributed by atoms with E-state index >= 15 is 0 Å². The zero-order chi connectivity index (χ0) is 19.5. The smallest absolute Gasteiger partial charge is 0.336 e. The van der Waals surface area contributed by atoms with Crippen LogP contribution in [0, 0.1) is 0 Å². The second-order valence-corrected chi connectivity index (χ2v) is 7.06. The number of hydrogen-bond acceptors (Lipinski definition) is 3. The van der Waals surface area contributed by atoms with Crippen LogP contribution in [-0.2, 0) is 6.54 Å². The van der Waals surface area contributed by atoms with Gasteiger partial charge in [-0.05, 0) is 25.0 Å². The summed E-state index contributed by atoms with van der Waals surface area (Å²) in [5, 5.41) is 10.4. The summed E-state index contributed by atoms with van der Waals surface area (Å²) < 4.78 is 3.18. The molecule has 0 unspecified atom stereocenters. The molecule has 1 saturated carbocycles. The summed E-state index contributed by atoms with van der Waals surface area (Å²) in [6.07, 6.45) is 1.98. The van der Waals surface area contributed by atoms with Gasteiger partial charge in [-0.15, -0.1) is 5.10 Å². The maximum Gasteiger partial charge on any atom is 0.346 e. The van der Waals surface area contributed by atoms with Crippen molar-refractivity contribution in [2.24, 2.45) is 0 Å². The average molecular weight is 398 g/mol. The van der Waals surface area contributed by atoms with Gasteiger partial charge in [0, 0.05) is 18.2 Å². The van der Waals surface area contributed by atoms with Gasteiger partial charge in [-0.1, -0.05) is 54.1 Å². The zero-order valence-electron chi connectivity index (χ0n) is 15.1. The number of para-hydroxylation sites is 1. The maximum atomic E-state index is 12.8. The van der Waals surface area contributed by atoms with Gasteiger partial charge in [0.05, 0.1) is 17.3 Å². The molecule has 4 rings (SSSR count). The SMILES string of the molecule is O=C(NCCn1nc(-c2ccccc2)n(C2CC2)c1=O)Nc1ccccc1Cl. The predicted molar refractivity (Wildman–Crippen MR) is 109 cm³/mol. The summed E-state index contributed by atoms with van der Waals surface area (Å²) in [6, 6.07) is 16.5. The van der Waals surface area contributed by atoms with E-state index in [4.69, 9.17) is 11.6 Å². The lowest BCUT2D eigenvalue weighted by Gasteiger charge is -2.08. The Bertz CT molecular complexity index is 1040. The number of carbonyl (C=O) groups is 1. The van der Waals surface area contributed by atoms with Crippen LogP contribution in [0.3, 0.4) is 0 Å². The highest BCUT2D eigenvalue weighted by Crippen LogP contribution is 2.36. The lowest BCUT2D eigenvalue weighted by atomic mass is 10.2. The molecule has 8 heteroatoms. The van der Waals surface area contributed by atoms with Crippen LogP contribution in [0.15, 0.2) is 59.4 Å². The molecule has 2 N–H and O–H groups in total. The number of amides is 2. The van der Waals surface area contributed by atoms with Gasteiger partial charge in [0.25, 0.3) is 0 Å². The molecule has 0 saturated heterocycles. The molecule has 28 heavy (non-hydrogen) atoms. The number of urea groups is 1. The quantitative estimate of drug-likeness (QED) is 0.667. The number of rotatable bonds is 6. The first-order valence-electron chi connectivity index (χ1n) is 9.17. The zero-order valence-corrected chi connectivity index (χ0v) is 15.9.